The molecule has 0 spiro atoms. The van der Waals surface area contributed by atoms with Crippen molar-refractivity contribution in [1.82, 2.24) is 0 Å². The number of ether oxygens (including phenoxy) is 2. The Morgan fingerprint density at radius 2 is 1.78 bits per heavy atom. The van der Waals surface area contributed by atoms with E-state index < -0.39 is 12.1 Å². The third-order valence-electron chi connectivity index (χ3n) is 3.02. The molecule has 3 N–H and O–H groups in total. The first kappa shape index (κ1) is 14.8. The molecule has 0 aliphatic rings. The maximum absolute atomic E-state index is 10.3. The topological polar surface area (TPSA) is 64.7 Å². The van der Waals surface area contributed by atoms with Gasteiger partial charge in [-0.05, 0) is 23.6 Å². The molecule has 0 saturated carbocycles. The van der Waals surface area contributed by atoms with Gasteiger partial charge < -0.3 is 20.3 Å². The van der Waals surface area contributed by atoms with Gasteiger partial charge in [0, 0.05) is 5.56 Å². The zero-order chi connectivity index (χ0) is 13.9. The molecule has 2 atom stereocenters. The van der Waals surface area contributed by atoms with Crippen molar-refractivity contribution in [3.63, 3.8) is 0 Å². The van der Waals surface area contributed by atoms with Crippen LogP contribution in [-0.4, -0.2) is 25.4 Å². The van der Waals surface area contributed by atoms with Crippen molar-refractivity contribution in [2.45, 2.75) is 32.9 Å². The van der Waals surface area contributed by atoms with Gasteiger partial charge in [-0.2, -0.15) is 0 Å². The van der Waals surface area contributed by atoms with Crippen molar-refractivity contribution in [3.8, 4) is 11.5 Å². The molecule has 102 valence electrons. The van der Waals surface area contributed by atoms with E-state index in [9.17, 15) is 5.11 Å². The summed E-state index contributed by atoms with van der Waals surface area (Å²) in [5, 5.41) is 10.3. The van der Waals surface area contributed by atoms with E-state index in [0.717, 1.165) is 5.56 Å². The van der Waals surface area contributed by atoms with Crippen LogP contribution in [0.4, 0.5) is 0 Å². The molecular formula is C14H23NO3. The first-order valence-corrected chi connectivity index (χ1v) is 5.96. The Morgan fingerprint density at radius 1 is 1.17 bits per heavy atom. The van der Waals surface area contributed by atoms with Crippen molar-refractivity contribution in [2.24, 2.45) is 11.1 Å². The van der Waals surface area contributed by atoms with E-state index in [1.807, 2.05) is 20.8 Å². The average Bonchev–Trinajstić information content (AvgIpc) is 2.35. The molecule has 0 bridgehead atoms. The van der Waals surface area contributed by atoms with Crippen LogP contribution in [0.25, 0.3) is 0 Å². The monoisotopic (exact) mass is 253 g/mol. The molecule has 0 saturated heterocycles. The summed E-state index contributed by atoms with van der Waals surface area (Å²) < 4.78 is 10.5. The highest BCUT2D eigenvalue weighted by molar-refractivity contribution is 5.42. The van der Waals surface area contributed by atoms with Gasteiger partial charge >= 0.3 is 0 Å². The molecule has 1 aromatic rings. The number of nitrogens with two attached hydrogens (primary N) is 1. The summed E-state index contributed by atoms with van der Waals surface area (Å²) in [6, 6.07) is 4.88. The number of aliphatic hydroxyl groups is 1. The van der Waals surface area contributed by atoms with E-state index in [0.29, 0.717) is 11.5 Å². The Balaban J connectivity index is 3.14. The highest BCUT2D eigenvalue weighted by Gasteiger charge is 2.30. The lowest BCUT2D eigenvalue weighted by Gasteiger charge is -2.31. The molecule has 4 nitrogen and oxygen atoms in total. The van der Waals surface area contributed by atoms with Crippen LogP contribution in [0.15, 0.2) is 18.2 Å². The zero-order valence-corrected chi connectivity index (χ0v) is 11.7. The Bertz CT molecular complexity index is 399. The normalized spacial score (nSPS) is 15.1. The van der Waals surface area contributed by atoms with Gasteiger partial charge in [-0.15, -0.1) is 0 Å². The second kappa shape index (κ2) is 5.59. The zero-order valence-electron chi connectivity index (χ0n) is 11.7. The molecule has 1 rings (SSSR count). The van der Waals surface area contributed by atoms with E-state index in [4.69, 9.17) is 15.2 Å². The second-order valence-corrected chi connectivity index (χ2v) is 5.44. The summed E-state index contributed by atoms with van der Waals surface area (Å²) in [6.45, 7) is 5.85. The lowest BCUT2D eigenvalue weighted by molar-refractivity contribution is 0.0394. The lowest BCUT2D eigenvalue weighted by atomic mass is 9.82. The first-order valence-electron chi connectivity index (χ1n) is 5.96. The van der Waals surface area contributed by atoms with Crippen LogP contribution >= 0.6 is 0 Å². The minimum atomic E-state index is -0.668. The van der Waals surface area contributed by atoms with Gasteiger partial charge in [-0.1, -0.05) is 20.8 Å². The fourth-order valence-corrected chi connectivity index (χ4v) is 1.81. The van der Waals surface area contributed by atoms with Gasteiger partial charge in [0.1, 0.15) is 11.5 Å². The van der Waals surface area contributed by atoms with Crippen LogP contribution in [0.1, 0.15) is 32.4 Å². The van der Waals surface area contributed by atoms with Gasteiger partial charge in [-0.25, -0.2) is 0 Å². The Labute approximate surface area is 109 Å². The molecule has 0 aliphatic carbocycles. The van der Waals surface area contributed by atoms with Crippen LogP contribution in [0.5, 0.6) is 11.5 Å². The second-order valence-electron chi connectivity index (χ2n) is 5.44. The summed E-state index contributed by atoms with van der Waals surface area (Å²) in [5.41, 5.74) is 6.59. The molecule has 0 unspecified atom stereocenters. The molecule has 18 heavy (non-hydrogen) atoms. The summed E-state index contributed by atoms with van der Waals surface area (Å²) in [7, 11) is 3.18. The SMILES string of the molecule is COc1ccc(OC)c([C@H](N)[C@H](O)C(C)(C)C)c1. The van der Waals surface area contributed by atoms with Gasteiger partial charge in [0.05, 0.1) is 26.4 Å². The fraction of sp³-hybridized carbons (Fsp3) is 0.571. The highest BCUT2D eigenvalue weighted by Crippen LogP contribution is 2.34. The minimum Gasteiger partial charge on any atom is -0.497 e. The first-order chi connectivity index (χ1) is 8.31. The van der Waals surface area contributed by atoms with Gasteiger partial charge in [-0.3, -0.25) is 0 Å². The summed E-state index contributed by atoms with van der Waals surface area (Å²) in [6.07, 6.45) is -0.668. The largest absolute Gasteiger partial charge is 0.497 e. The van der Waals surface area contributed by atoms with Crippen molar-refractivity contribution in [3.05, 3.63) is 23.8 Å². The van der Waals surface area contributed by atoms with E-state index in [-0.39, 0.29) is 5.41 Å². The van der Waals surface area contributed by atoms with Crippen molar-refractivity contribution >= 4 is 0 Å². The number of hydrogen-bond acceptors (Lipinski definition) is 4. The van der Waals surface area contributed by atoms with Crippen molar-refractivity contribution in [1.29, 1.82) is 0 Å². The molecule has 4 heteroatoms. The maximum atomic E-state index is 10.3. The molecule has 0 amide bonds. The summed E-state index contributed by atoms with van der Waals surface area (Å²) in [5.74, 6) is 1.36. The lowest BCUT2D eigenvalue weighted by Crippen LogP contribution is -2.37. The van der Waals surface area contributed by atoms with Gasteiger partial charge in [0.2, 0.25) is 0 Å². The quantitative estimate of drug-likeness (QED) is 0.862. The van der Waals surface area contributed by atoms with Crippen molar-refractivity contribution in [2.75, 3.05) is 14.2 Å². The molecule has 0 radical (unpaired) electrons. The van der Waals surface area contributed by atoms with E-state index in [1.165, 1.54) is 0 Å². The van der Waals surface area contributed by atoms with Crippen LogP contribution in [0.2, 0.25) is 0 Å². The smallest absolute Gasteiger partial charge is 0.123 e. The van der Waals surface area contributed by atoms with Gasteiger partial charge in [0.15, 0.2) is 0 Å². The highest BCUT2D eigenvalue weighted by atomic mass is 16.5. The number of hydrogen-bond donors (Lipinski definition) is 2. The Morgan fingerprint density at radius 3 is 2.22 bits per heavy atom. The average molecular weight is 253 g/mol. The van der Waals surface area contributed by atoms with E-state index in [2.05, 4.69) is 0 Å². The maximum Gasteiger partial charge on any atom is 0.123 e. The Hall–Kier alpha value is -1.26. The third-order valence-corrected chi connectivity index (χ3v) is 3.02. The summed E-state index contributed by atoms with van der Waals surface area (Å²) >= 11 is 0. The fourth-order valence-electron chi connectivity index (χ4n) is 1.81. The van der Waals surface area contributed by atoms with Crippen LogP contribution < -0.4 is 15.2 Å². The number of aliphatic hydroxyl groups excluding tert-OH is 1. The number of methoxy groups -OCH3 is 2. The summed E-state index contributed by atoms with van der Waals surface area (Å²) in [4.78, 5) is 0. The predicted molar refractivity (Wildman–Crippen MR) is 71.9 cm³/mol. The molecular weight excluding hydrogens is 230 g/mol. The number of rotatable bonds is 4. The van der Waals surface area contributed by atoms with E-state index in [1.54, 1.807) is 32.4 Å². The van der Waals surface area contributed by atoms with Crippen LogP contribution in [0.3, 0.4) is 0 Å². The van der Waals surface area contributed by atoms with Crippen molar-refractivity contribution < 1.29 is 14.6 Å². The standard InChI is InChI=1S/C14H23NO3/c1-14(2,3)13(16)12(15)10-8-9(17-4)6-7-11(10)18-5/h6-8,12-13,16H,15H2,1-5H3/t12-,13-/m0/s1. The third kappa shape index (κ3) is 3.15. The molecule has 1 aromatic carbocycles. The molecule has 0 aromatic heterocycles. The molecule has 0 aliphatic heterocycles. The molecule has 0 heterocycles. The van der Waals surface area contributed by atoms with Gasteiger partial charge in [0.25, 0.3) is 0 Å². The minimum absolute atomic E-state index is 0.298. The van der Waals surface area contributed by atoms with Crippen LogP contribution in [0, 0.1) is 5.41 Å². The van der Waals surface area contributed by atoms with E-state index >= 15 is 0 Å². The Kier molecular flexibility index (Phi) is 4.59. The number of benzene rings is 1. The molecule has 0 fully saturated rings. The van der Waals surface area contributed by atoms with Crippen LogP contribution in [-0.2, 0) is 0 Å². The predicted octanol–water partition coefficient (Wildman–Crippen LogP) is 2.11.